The number of nitrogens with zero attached hydrogens (tertiary/aromatic N) is 2. The Kier molecular flexibility index (Phi) is 30.3. The predicted molar refractivity (Wildman–Crippen MR) is 426 cm³/mol. The van der Waals surface area contributed by atoms with Crippen molar-refractivity contribution in [2.45, 2.75) is 124 Å². The monoisotopic (exact) mass is 1500 g/mol. The van der Waals surface area contributed by atoms with Gasteiger partial charge in [-0.3, -0.25) is 38.4 Å². The molecule has 4 aliphatic rings. The van der Waals surface area contributed by atoms with E-state index in [9.17, 15) is 48.6 Å². The number of hydrogen-bond acceptors (Lipinski definition) is 23. The van der Waals surface area contributed by atoms with Gasteiger partial charge in [-0.2, -0.15) is 5.26 Å². The highest BCUT2D eigenvalue weighted by molar-refractivity contribution is 7.44. The van der Waals surface area contributed by atoms with Crippen LogP contribution in [0.25, 0.3) is 10.8 Å². The molecule has 0 amide bonds. The molecule has 0 aliphatic heterocycles. The van der Waals surface area contributed by atoms with E-state index in [-0.39, 0.29) is 114 Å². The number of hydrogen-bond donors (Lipinski definition) is 11. The number of carbonyl (C=O) groups excluding carboxylic acids is 8. The van der Waals surface area contributed by atoms with Crippen LogP contribution in [-0.2, 0) is 9.05 Å². The lowest BCUT2D eigenvalue weighted by Crippen LogP contribution is -2.33. The maximum atomic E-state index is 13.6. The van der Waals surface area contributed by atoms with Gasteiger partial charge in [-0.25, -0.2) is 4.67 Å². The van der Waals surface area contributed by atoms with E-state index in [2.05, 4.69) is 84.2 Å². The molecule has 0 radical (unpaired) electrons. The second-order valence-electron chi connectivity index (χ2n) is 26.9. The number of phenolic OH excluding ortho intramolecular Hbond substituents is 2. The Labute approximate surface area is 636 Å². The van der Waals surface area contributed by atoms with Crippen LogP contribution in [0.1, 0.15) is 228 Å². The van der Waals surface area contributed by atoms with Gasteiger partial charge in [0.1, 0.15) is 11.5 Å². The molecule has 0 saturated heterocycles. The number of fused-ring (bicyclic) bond motifs is 8. The van der Waals surface area contributed by atoms with E-state index >= 15 is 0 Å². The van der Waals surface area contributed by atoms with Crippen LogP contribution in [0.2, 0.25) is 0 Å². The lowest BCUT2D eigenvalue weighted by Gasteiger charge is -2.35. The van der Waals surface area contributed by atoms with Crippen molar-refractivity contribution < 1.29 is 72.9 Å². The minimum absolute atomic E-state index is 0.0394. The quantitative estimate of drug-likeness (QED) is 0.0106. The molecule has 1 unspecified atom stereocenters. The van der Waals surface area contributed by atoms with Crippen molar-refractivity contribution in [3.05, 3.63) is 211 Å². The summed E-state index contributed by atoms with van der Waals surface area (Å²) in [6.07, 6.45) is 6.86. The number of nitrogens with one attached hydrogen (secondary N) is 6. The number of rotatable bonds is 32. The molecule has 1 atom stereocenters. The molecule has 23 nitrogen and oxygen atoms in total. The normalized spacial score (nSPS) is 13.2. The molecule has 0 aromatic heterocycles. The van der Waals surface area contributed by atoms with Crippen LogP contribution in [-0.4, -0.2) is 161 Å². The van der Waals surface area contributed by atoms with E-state index in [1.165, 1.54) is 0 Å². The van der Waals surface area contributed by atoms with Crippen molar-refractivity contribution in [1.29, 1.82) is 5.26 Å². The van der Waals surface area contributed by atoms with Crippen LogP contribution < -0.4 is 31.9 Å². The van der Waals surface area contributed by atoms with Gasteiger partial charge in [0.05, 0.1) is 70.2 Å². The fourth-order valence-corrected chi connectivity index (χ4v) is 15.1. The number of aliphatic hydroxyl groups excluding tert-OH is 3. The van der Waals surface area contributed by atoms with Gasteiger partial charge in [-0.1, -0.05) is 124 Å². The number of aliphatic hydroxyl groups is 3. The molecule has 11 N–H and O–H groups in total. The van der Waals surface area contributed by atoms with Crippen LogP contribution in [0, 0.1) is 11.3 Å². The first-order valence-electron chi connectivity index (χ1n) is 37.4. The minimum Gasteiger partial charge on any atom is -0.507 e. The summed E-state index contributed by atoms with van der Waals surface area (Å²) >= 11 is 0. The Morgan fingerprint density at radius 2 is 0.642 bits per heavy atom. The summed E-state index contributed by atoms with van der Waals surface area (Å²) < 4.78 is 14.3. The highest BCUT2D eigenvalue weighted by atomic mass is 31.2. The van der Waals surface area contributed by atoms with Crippen LogP contribution in [0.5, 0.6) is 11.5 Å². The molecular formula is C85H97N8O15P. The zero-order valence-corrected chi connectivity index (χ0v) is 63.5. The predicted octanol–water partition coefficient (Wildman–Crippen LogP) is 14.7. The summed E-state index contributed by atoms with van der Waals surface area (Å²) in [6.45, 7) is 17.2. The Morgan fingerprint density at radius 3 is 0.899 bits per heavy atom. The molecular weight excluding hydrogens is 1400 g/mol. The standard InChI is InChI=1S/C30H41N4O4P.C21H24N2O3.C20H22N2O4.C14H10O4/c1-6-7-17-32-25-14-15-26(28-27(25)29(35)23-12-8-9-13-24(23)30(28)36)33-18-11-20-38-39(37-19-10-16-31)34(21(2)3)22(4)5;1-2-3-11-22-16-9-10-17(23-12-6-13-24)19-18(16)20(25)14-7-4-5-8-15(14)21(19)26;23-11-3-9-21-15-7-8-16(22-10-4-12-24)18-17(15)19(25)13-5-1-2-6-14(13)20(18)26;15-9-5-6-10(16)12-11(9)13(17)7-3-1-2-4-8(7)14(12)18/h8-9,12-15,21-22,32-33H,6-7,10-11,17-20H2,1-5H3;4-5,7-10,22-24H,2-3,6,11-13H2,1H3;1-2,5-8,21-24H,3-4,9-12H2;1-4,17-18H,5-6H2. The van der Waals surface area contributed by atoms with Gasteiger partial charge >= 0.3 is 0 Å². The number of phenols is 2. The van der Waals surface area contributed by atoms with Gasteiger partial charge < -0.3 is 66.5 Å². The van der Waals surface area contributed by atoms with Gasteiger partial charge in [0.2, 0.25) is 0 Å². The van der Waals surface area contributed by atoms with E-state index in [4.69, 9.17) is 29.6 Å². The molecule has 24 heteroatoms. The molecule has 8 aromatic rings. The number of unbranched alkanes of at least 4 members (excludes halogenated alkanes) is 2. The van der Waals surface area contributed by atoms with E-state index in [1.807, 2.05) is 24.3 Å². The van der Waals surface area contributed by atoms with Gasteiger partial charge in [0.25, 0.3) is 8.53 Å². The van der Waals surface area contributed by atoms with Crippen LogP contribution in [0.15, 0.2) is 133 Å². The molecule has 8 aromatic carbocycles. The lowest BCUT2D eigenvalue weighted by atomic mass is 9.82. The maximum Gasteiger partial charge on any atom is 0.259 e. The molecule has 0 saturated carbocycles. The zero-order valence-electron chi connectivity index (χ0n) is 62.6. The summed E-state index contributed by atoms with van der Waals surface area (Å²) in [5.74, 6) is -1.94. The molecule has 12 rings (SSSR count). The molecule has 0 fully saturated rings. The molecule has 0 heterocycles. The summed E-state index contributed by atoms with van der Waals surface area (Å²) in [5.41, 5.74) is 8.85. The van der Waals surface area contributed by atoms with Crippen molar-refractivity contribution in [1.82, 2.24) is 4.67 Å². The average Bonchev–Trinajstić information content (AvgIpc) is 0.764. The average molecular weight is 1500 g/mol. The number of Topliss-reactive ketones (excluding diaryl/α,β-unsaturated/α-hetero) is 2. The van der Waals surface area contributed by atoms with Crippen molar-refractivity contribution in [2.24, 2.45) is 0 Å². The minimum atomic E-state index is -1.30. The first-order valence-corrected chi connectivity index (χ1v) is 38.5. The highest BCUT2D eigenvalue weighted by Crippen LogP contribution is 2.47. The SMILES string of the molecule is CCCCNc1ccc(NCCCO)c2c1C(=O)c1ccccc1C2=O.CCCCNc1ccc(NCCCOP(OCCC#N)N(C(C)C)C(C)C)c2c1C(=O)c1ccccc1C2=O.O=C1CCC(=O)c2c1c(O)c1ccccc1c2O.O=C1c2ccccc2C(=O)c2c(NCCCO)ccc(NCCCO)c21. The summed E-state index contributed by atoms with van der Waals surface area (Å²) in [5, 5.41) is 76.4. The lowest BCUT2D eigenvalue weighted by molar-refractivity contribution is 0.0885. The topological polar surface area (TPSA) is 355 Å². The van der Waals surface area contributed by atoms with E-state index in [1.54, 1.807) is 109 Å². The van der Waals surface area contributed by atoms with Gasteiger partial charge in [-0.15, -0.1) is 0 Å². The van der Waals surface area contributed by atoms with Crippen molar-refractivity contribution in [3.63, 3.8) is 0 Å². The Balaban J connectivity index is 0.000000173. The van der Waals surface area contributed by atoms with Crippen LogP contribution in [0.4, 0.5) is 34.1 Å². The number of nitriles is 1. The van der Waals surface area contributed by atoms with E-state index in [0.717, 1.165) is 38.8 Å². The maximum absolute atomic E-state index is 13.6. The van der Waals surface area contributed by atoms with Crippen molar-refractivity contribution in [3.8, 4) is 17.6 Å². The Bertz CT molecular complexity index is 4360. The summed E-state index contributed by atoms with van der Waals surface area (Å²) in [7, 11) is -1.30. The molecule has 572 valence electrons. The molecule has 0 spiro atoms. The third kappa shape index (κ3) is 19.1. The second-order valence-corrected chi connectivity index (χ2v) is 28.4. The molecule has 4 aliphatic carbocycles. The van der Waals surface area contributed by atoms with Crippen molar-refractivity contribution in [2.75, 3.05) is 104 Å². The number of anilines is 6. The van der Waals surface area contributed by atoms with Gasteiger partial charge in [0, 0.05) is 162 Å². The Morgan fingerprint density at radius 1 is 0.385 bits per heavy atom. The Hall–Kier alpha value is -10.5. The van der Waals surface area contributed by atoms with E-state index < -0.39 is 8.53 Å². The number of aromatic hydroxyl groups is 2. The summed E-state index contributed by atoms with van der Waals surface area (Å²) in [4.78, 5) is 103. The largest absolute Gasteiger partial charge is 0.507 e. The van der Waals surface area contributed by atoms with Crippen LogP contribution >= 0.6 is 8.53 Å². The molecule has 109 heavy (non-hydrogen) atoms. The first kappa shape index (κ1) is 82.5. The van der Waals surface area contributed by atoms with Gasteiger partial charge in [0.15, 0.2) is 46.3 Å². The van der Waals surface area contributed by atoms with Crippen LogP contribution in [0.3, 0.4) is 0 Å². The fourth-order valence-electron chi connectivity index (χ4n) is 13.4. The smallest absolute Gasteiger partial charge is 0.259 e. The number of carbonyl (C=O) groups is 8. The summed E-state index contributed by atoms with van der Waals surface area (Å²) in [6, 6.07) is 41.0. The van der Waals surface area contributed by atoms with E-state index in [0.29, 0.717) is 183 Å². The first-order chi connectivity index (χ1) is 52.8. The van der Waals surface area contributed by atoms with Crippen molar-refractivity contribution >= 4 is 99.7 Å². The van der Waals surface area contributed by atoms with Gasteiger partial charge in [-0.05, 0) is 103 Å². The highest BCUT2D eigenvalue weighted by Gasteiger charge is 2.38. The third-order valence-corrected chi connectivity index (χ3v) is 20.8. The second kappa shape index (κ2) is 40.1. The fraction of sp³-hybridized carbons (Fsp3) is 0.353. The molecule has 0 bridgehead atoms. The zero-order chi connectivity index (χ0) is 78.3. The number of benzene rings is 8. The number of ketones is 8. The third-order valence-electron chi connectivity index (χ3n) is 18.7.